The first-order chi connectivity index (χ1) is 6.57. The van der Waals surface area contributed by atoms with Crippen molar-refractivity contribution in [2.45, 2.75) is 26.3 Å². The maximum absolute atomic E-state index is 6.00. The summed E-state index contributed by atoms with van der Waals surface area (Å²) in [7, 11) is 0. The predicted octanol–water partition coefficient (Wildman–Crippen LogP) is 2.46. The van der Waals surface area contributed by atoms with Crippen LogP contribution in [0.25, 0.3) is 0 Å². The Bertz CT molecular complexity index is 342. The zero-order valence-electron chi connectivity index (χ0n) is 8.88. The molecule has 2 heteroatoms. The van der Waals surface area contributed by atoms with Crippen LogP contribution >= 0.6 is 0 Å². The molecule has 0 aliphatic carbocycles. The molecular weight excluding hydrogens is 172 g/mol. The molecule has 0 saturated carbocycles. The quantitative estimate of drug-likeness (QED) is 0.568. The van der Waals surface area contributed by atoms with E-state index in [4.69, 9.17) is 11.5 Å². The number of nitrogens with two attached hydrogens (primary N) is 2. The van der Waals surface area contributed by atoms with Gasteiger partial charge in [-0.1, -0.05) is 18.2 Å². The highest BCUT2D eigenvalue weighted by Gasteiger charge is 2.10. The molecule has 14 heavy (non-hydrogen) atoms. The van der Waals surface area contributed by atoms with Gasteiger partial charge < -0.3 is 11.5 Å². The van der Waals surface area contributed by atoms with E-state index in [1.165, 1.54) is 5.56 Å². The van der Waals surface area contributed by atoms with Crippen molar-refractivity contribution in [2.24, 2.45) is 5.73 Å². The van der Waals surface area contributed by atoms with Crippen LogP contribution in [0.15, 0.2) is 24.8 Å². The topological polar surface area (TPSA) is 52.0 Å². The molecule has 0 bridgehead atoms. The molecule has 0 heterocycles. The van der Waals surface area contributed by atoms with Crippen molar-refractivity contribution in [3.8, 4) is 0 Å². The summed E-state index contributed by atoms with van der Waals surface area (Å²) in [6, 6.07) is 4.03. The van der Waals surface area contributed by atoms with E-state index in [-0.39, 0.29) is 6.04 Å². The monoisotopic (exact) mass is 190 g/mol. The van der Waals surface area contributed by atoms with E-state index in [9.17, 15) is 0 Å². The lowest BCUT2D eigenvalue weighted by atomic mass is 9.97. The standard InChI is InChI=1S/C12H18N2/c1-4-5-11(13)10-7-6-8(2)9(3)12(10)14/h4,6-7,11H,1,5,13-14H2,2-3H3. The van der Waals surface area contributed by atoms with Gasteiger partial charge in [0.1, 0.15) is 0 Å². The second-order valence-electron chi connectivity index (χ2n) is 3.64. The van der Waals surface area contributed by atoms with E-state index >= 15 is 0 Å². The van der Waals surface area contributed by atoms with Crippen molar-refractivity contribution in [3.63, 3.8) is 0 Å². The second-order valence-corrected chi connectivity index (χ2v) is 3.64. The Morgan fingerprint density at radius 1 is 1.43 bits per heavy atom. The van der Waals surface area contributed by atoms with Crippen molar-refractivity contribution in [3.05, 3.63) is 41.5 Å². The van der Waals surface area contributed by atoms with Gasteiger partial charge in [-0.25, -0.2) is 0 Å². The normalized spacial score (nSPS) is 12.5. The fraction of sp³-hybridized carbons (Fsp3) is 0.333. The first-order valence-electron chi connectivity index (χ1n) is 4.80. The number of aryl methyl sites for hydroxylation is 1. The fourth-order valence-electron chi connectivity index (χ4n) is 1.49. The SMILES string of the molecule is C=CCC(N)c1ccc(C)c(C)c1N. The zero-order chi connectivity index (χ0) is 10.7. The van der Waals surface area contributed by atoms with Crippen molar-refractivity contribution in [1.82, 2.24) is 0 Å². The lowest BCUT2D eigenvalue weighted by molar-refractivity contribution is 0.743. The first-order valence-corrected chi connectivity index (χ1v) is 4.80. The number of nitrogen functional groups attached to an aromatic ring is 1. The van der Waals surface area contributed by atoms with Crippen LogP contribution in [0.1, 0.15) is 29.2 Å². The van der Waals surface area contributed by atoms with Gasteiger partial charge in [0.2, 0.25) is 0 Å². The van der Waals surface area contributed by atoms with Crippen molar-refractivity contribution in [2.75, 3.05) is 5.73 Å². The minimum absolute atomic E-state index is 0.0354. The highest BCUT2D eigenvalue weighted by molar-refractivity contribution is 5.57. The summed E-state index contributed by atoms with van der Waals surface area (Å²) in [6.07, 6.45) is 2.58. The maximum Gasteiger partial charge on any atom is 0.0394 e. The summed E-state index contributed by atoms with van der Waals surface area (Å²) in [4.78, 5) is 0. The lowest BCUT2D eigenvalue weighted by Crippen LogP contribution is -2.12. The summed E-state index contributed by atoms with van der Waals surface area (Å²) < 4.78 is 0. The molecule has 1 aromatic carbocycles. The third kappa shape index (κ3) is 1.96. The number of benzene rings is 1. The third-order valence-electron chi connectivity index (χ3n) is 2.64. The number of hydrogen-bond acceptors (Lipinski definition) is 2. The van der Waals surface area contributed by atoms with E-state index in [0.717, 1.165) is 23.2 Å². The molecule has 0 amide bonds. The highest BCUT2D eigenvalue weighted by atomic mass is 14.7. The molecule has 0 radical (unpaired) electrons. The Hall–Kier alpha value is -1.28. The Balaban J connectivity index is 3.10. The maximum atomic E-state index is 6.00. The summed E-state index contributed by atoms with van der Waals surface area (Å²) in [5, 5.41) is 0. The van der Waals surface area contributed by atoms with Gasteiger partial charge >= 0.3 is 0 Å². The van der Waals surface area contributed by atoms with Gasteiger partial charge in [0.25, 0.3) is 0 Å². The van der Waals surface area contributed by atoms with Crippen LogP contribution in [0, 0.1) is 13.8 Å². The molecule has 0 spiro atoms. The summed E-state index contributed by atoms with van der Waals surface area (Å²) in [5.41, 5.74) is 16.1. The summed E-state index contributed by atoms with van der Waals surface area (Å²) in [6.45, 7) is 7.75. The van der Waals surface area contributed by atoms with Crippen molar-refractivity contribution in [1.29, 1.82) is 0 Å². The minimum atomic E-state index is -0.0354. The van der Waals surface area contributed by atoms with Crippen molar-refractivity contribution < 1.29 is 0 Å². The molecule has 0 aliphatic rings. The summed E-state index contributed by atoms with van der Waals surface area (Å²) >= 11 is 0. The molecular formula is C12H18N2. The van der Waals surface area contributed by atoms with Gasteiger partial charge in [-0.3, -0.25) is 0 Å². The molecule has 2 nitrogen and oxygen atoms in total. The van der Waals surface area contributed by atoms with Crippen LogP contribution in [0.2, 0.25) is 0 Å². The van der Waals surface area contributed by atoms with Gasteiger partial charge in [-0.2, -0.15) is 0 Å². The van der Waals surface area contributed by atoms with E-state index in [0.29, 0.717) is 0 Å². The zero-order valence-corrected chi connectivity index (χ0v) is 8.88. The van der Waals surface area contributed by atoms with Crippen LogP contribution in [0.5, 0.6) is 0 Å². The average molecular weight is 190 g/mol. The van der Waals surface area contributed by atoms with E-state index in [2.05, 4.69) is 19.6 Å². The molecule has 4 N–H and O–H groups in total. The molecule has 1 aromatic rings. The Morgan fingerprint density at radius 3 is 2.64 bits per heavy atom. The van der Waals surface area contributed by atoms with Gasteiger partial charge in [-0.05, 0) is 37.0 Å². The Morgan fingerprint density at radius 2 is 2.07 bits per heavy atom. The number of hydrogen-bond donors (Lipinski definition) is 2. The molecule has 0 saturated heterocycles. The molecule has 1 atom stereocenters. The fourth-order valence-corrected chi connectivity index (χ4v) is 1.49. The third-order valence-corrected chi connectivity index (χ3v) is 2.64. The van der Waals surface area contributed by atoms with Crippen LogP contribution in [-0.2, 0) is 0 Å². The van der Waals surface area contributed by atoms with Crippen LogP contribution in [0.3, 0.4) is 0 Å². The van der Waals surface area contributed by atoms with Gasteiger partial charge in [-0.15, -0.1) is 6.58 Å². The van der Waals surface area contributed by atoms with Gasteiger partial charge in [0.05, 0.1) is 0 Å². The molecule has 76 valence electrons. The van der Waals surface area contributed by atoms with Crippen molar-refractivity contribution >= 4 is 5.69 Å². The number of rotatable bonds is 3. The second kappa shape index (κ2) is 4.29. The van der Waals surface area contributed by atoms with E-state index < -0.39 is 0 Å². The van der Waals surface area contributed by atoms with Crippen LogP contribution < -0.4 is 11.5 Å². The van der Waals surface area contributed by atoms with Gasteiger partial charge in [0.15, 0.2) is 0 Å². The molecule has 0 aliphatic heterocycles. The first kappa shape index (κ1) is 10.8. The lowest BCUT2D eigenvalue weighted by Gasteiger charge is -2.15. The van der Waals surface area contributed by atoms with E-state index in [1.807, 2.05) is 19.1 Å². The highest BCUT2D eigenvalue weighted by Crippen LogP contribution is 2.26. The number of anilines is 1. The average Bonchev–Trinajstić information content (AvgIpc) is 2.15. The van der Waals surface area contributed by atoms with Crippen LogP contribution in [-0.4, -0.2) is 0 Å². The summed E-state index contributed by atoms with van der Waals surface area (Å²) in [5.74, 6) is 0. The smallest absolute Gasteiger partial charge is 0.0394 e. The van der Waals surface area contributed by atoms with E-state index in [1.54, 1.807) is 0 Å². The minimum Gasteiger partial charge on any atom is -0.398 e. The Labute approximate surface area is 85.6 Å². The molecule has 1 rings (SSSR count). The Kier molecular flexibility index (Phi) is 3.31. The molecule has 1 unspecified atom stereocenters. The predicted molar refractivity (Wildman–Crippen MR) is 62.1 cm³/mol. The molecule has 0 aromatic heterocycles. The van der Waals surface area contributed by atoms with Crippen LogP contribution in [0.4, 0.5) is 5.69 Å². The largest absolute Gasteiger partial charge is 0.398 e. The molecule has 0 fully saturated rings. The van der Waals surface area contributed by atoms with Gasteiger partial charge in [0, 0.05) is 11.7 Å².